The first-order valence-corrected chi connectivity index (χ1v) is 16.9. The summed E-state index contributed by atoms with van der Waals surface area (Å²) < 4.78 is 16.7. The molecule has 4 aromatic rings. The summed E-state index contributed by atoms with van der Waals surface area (Å²) in [4.78, 5) is 25.2. The first-order chi connectivity index (χ1) is 21.7. The van der Waals surface area contributed by atoms with Gasteiger partial charge >= 0.3 is 5.69 Å². The zero-order chi connectivity index (χ0) is 31.5. The first-order valence-electron chi connectivity index (χ1n) is 16.5. The highest BCUT2D eigenvalue weighted by Gasteiger charge is 2.24. The van der Waals surface area contributed by atoms with Crippen molar-refractivity contribution in [2.24, 2.45) is 22.6 Å². The van der Waals surface area contributed by atoms with Crippen LogP contribution in [0.4, 0.5) is 4.39 Å². The van der Waals surface area contributed by atoms with Crippen LogP contribution < -0.4 is 16.7 Å². The highest BCUT2D eigenvalue weighted by Crippen LogP contribution is 2.32. The van der Waals surface area contributed by atoms with E-state index in [2.05, 4.69) is 46.3 Å². The lowest BCUT2D eigenvalue weighted by Crippen LogP contribution is -2.37. The number of fused-ring (bicyclic) bond motifs is 1. The third-order valence-electron chi connectivity index (χ3n) is 9.48. The van der Waals surface area contributed by atoms with Crippen LogP contribution in [0.5, 0.6) is 0 Å². The number of aryl methyl sites for hydroxylation is 1. The van der Waals surface area contributed by atoms with E-state index in [-0.39, 0.29) is 11.1 Å². The van der Waals surface area contributed by atoms with Crippen LogP contribution in [0, 0.1) is 17.7 Å². The van der Waals surface area contributed by atoms with Crippen molar-refractivity contribution in [2.45, 2.75) is 90.1 Å². The van der Waals surface area contributed by atoms with Crippen LogP contribution in [0.15, 0.2) is 58.4 Å². The molecule has 1 aliphatic carbocycles. The van der Waals surface area contributed by atoms with Gasteiger partial charge in [-0.05, 0) is 92.3 Å². The van der Waals surface area contributed by atoms with Gasteiger partial charge in [-0.25, -0.2) is 9.18 Å². The van der Waals surface area contributed by atoms with Gasteiger partial charge in [0.2, 0.25) is 0 Å². The van der Waals surface area contributed by atoms with Crippen molar-refractivity contribution in [3.05, 3.63) is 81.1 Å². The zero-order valence-corrected chi connectivity index (χ0v) is 27.0. The number of amidine groups is 1. The number of rotatable bonds is 11. The fourth-order valence-corrected chi connectivity index (χ4v) is 6.83. The van der Waals surface area contributed by atoms with E-state index in [1.165, 1.54) is 29.4 Å². The number of H-pyrrole nitrogens is 1. The minimum absolute atomic E-state index is 0.0965. The summed E-state index contributed by atoms with van der Waals surface area (Å²) in [5, 5.41) is 4.62. The minimum Gasteiger partial charge on any atom is -0.387 e. The fraction of sp³-hybridized carbons (Fsp3) is 0.472. The summed E-state index contributed by atoms with van der Waals surface area (Å²) >= 11 is 6.29. The van der Waals surface area contributed by atoms with Crippen molar-refractivity contribution in [1.29, 1.82) is 0 Å². The van der Waals surface area contributed by atoms with Crippen LogP contribution in [0.1, 0.15) is 88.8 Å². The van der Waals surface area contributed by atoms with Crippen LogP contribution in [-0.2, 0) is 6.42 Å². The number of hydrogen-bond acceptors (Lipinski definition) is 4. The molecule has 0 radical (unpaired) electrons. The maximum atomic E-state index is 15.2. The number of nitrogens with zero attached hydrogens (tertiary/aromatic N) is 3. The van der Waals surface area contributed by atoms with Gasteiger partial charge in [0, 0.05) is 41.7 Å². The minimum atomic E-state index is -0.481. The van der Waals surface area contributed by atoms with Gasteiger partial charge in [-0.2, -0.15) is 4.98 Å². The molecule has 238 valence electrons. The number of benzene rings is 2. The molecule has 6 rings (SSSR count). The molecule has 2 aromatic heterocycles. The van der Waals surface area contributed by atoms with E-state index < -0.39 is 11.5 Å². The van der Waals surface area contributed by atoms with Gasteiger partial charge in [0.15, 0.2) is 5.82 Å². The lowest BCUT2D eigenvalue weighted by molar-refractivity contribution is 0.314. The van der Waals surface area contributed by atoms with Crippen molar-refractivity contribution >= 4 is 28.5 Å². The maximum absolute atomic E-state index is 15.2. The summed E-state index contributed by atoms with van der Waals surface area (Å²) in [6.45, 7) is 5.16. The molecule has 2 aliphatic rings. The Morgan fingerprint density at radius 2 is 1.91 bits per heavy atom. The summed E-state index contributed by atoms with van der Waals surface area (Å²) in [5.74, 6) is 1.46. The van der Waals surface area contributed by atoms with Gasteiger partial charge in [-0.15, -0.1) is 0 Å². The number of aromatic amines is 1. The first kappa shape index (κ1) is 31.5. The Kier molecular flexibility index (Phi) is 9.71. The second kappa shape index (κ2) is 13.9. The highest BCUT2D eigenvalue weighted by atomic mass is 35.5. The third kappa shape index (κ3) is 7.33. The standard InChI is InChI=1S/C36H44ClFN6O/c1-22(2)6-3-7-23-18-29(33(38)30(37)19-23)32-20-26-21-44(36(45)43-35(26)42-32)28-14-12-24(13-15-28)31-11-5-10-27(41-31)16-17-40-34(39)25-8-4-9-25/h12-15,18-22,25,27,31,41H,3-11,16-17H2,1-2H3,(H2,39,40)(H,42,43,45)/t27-,31-/m0/s1. The average molecular weight is 631 g/mol. The normalized spacial score (nSPS) is 19.4. The molecular weight excluding hydrogens is 587 g/mol. The summed E-state index contributed by atoms with van der Waals surface area (Å²) in [6.07, 6.45) is 12.7. The Hall–Kier alpha value is -3.49. The van der Waals surface area contributed by atoms with Crippen molar-refractivity contribution in [3.63, 3.8) is 0 Å². The molecule has 1 saturated carbocycles. The number of nitrogens with one attached hydrogen (secondary N) is 2. The van der Waals surface area contributed by atoms with E-state index in [1.54, 1.807) is 12.3 Å². The van der Waals surface area contributed by atoms with E-state index in [4.69, 9.17) is 17.3 Å². The number of nitrogens with two attached hydrogens (primary N) is 1. The SMILES string of the molecule is CC(C)CCCc1cc(Cl)c(F)c(-c2cc3cn(-c4ccc([C@@H]5CCC[C@@H](CCN=C(N)C6CCC6)N5)cc4)c(=O)nc3[nH]2)c1. The average Bonchev–Trinajstić information content (AvgIpc) is 3.40. The number of aliphatic imine (C=N–C) groups is 1. The van der Waals surface area contributed by atoms with Crippen molar-refractivity contribution < 1.29 is 4.39 Å². The van der Waals surface area contributed by atoms with E-state index in [0.29, 0.717) is 40.2 Å². The zero-order valence-electron chi connectivity index (χ0n) is 26.3. The number of hydrogen-bond donors (Lipinski definition) is 3. The second-order valence-corrected chi connectivity index (χ2v) is 13.7. The molecule has 7 nitrogen and oxygen atoms in total. The number of aromatic nitrogens is 3. The van der Waals surface area contributed by atoms with E-state index in [1.807, 2.05) is 24.3 Å². The largest absolute Gasteiger partial charge is 0.387 e. The van der Waals surface area contributed by atoms with E-state index in [0.717, 1.165) is 68.6 Å². The molecule has 2 aromatic carbocycles. The van der Waals surface area contributed by atoms with Gasteiger partial charge in [-0.1, -0.05) is 56.8 Å². The molecule has 1 aliphatic heterocycles. The Bertz CT molecular complexity index is 1720. The monoisotopic (exact) mass is 630 g/mol. The van der Waals surface area contributed by atoms with Crippen LogP contribution in [0.25, 0.3) is 28.0 Å². The summed E-state index contributed by atoms with van der Waals surface area (Å²) in [5.41, 5.74) is 10.0. The molecule has 4 N–H and O–H groups in total. The number of piperidine rings is 1. The van der Waals surface area contributed by atoms with Crippen molar-refractivity contribution in [1.82, 2.24) is 19.9 Å². The van der Waals surface area contributed by atoms with Crippen LogP contribution in [-0.4, -0.2) is 33.0 Å². The Labute approximate surface area is 269 Å². The Balaban J connectivity index is 1.16. The van der Waals surface area contributed by atoms with Gasteiger partial charge < -0.3 is 16.0 Å². The van der Waals surface area contributed by atoms with Gasteiger partial charge in [0.1, 0.15) is 5.65 Å². The Morgan fingerprint density at radius 3 is 2.64 bits per heavy atom. The molecule has 9 heteroatoms. The molecule has 0 unspecified atom stereocenters. The summed E-state index contributed by atoms with van der Waals surface area (Å²) in [6, 6.07) is 14.2. The van der Waals surface area contributed by atoms with Crippen LogP contribution in [0.3, 0.4) is 0 Å². The number of halogens is 2. The lowest BCUT2D eigenvalue weighted by atomic mass is 9.84. The van der Waals surface area contributed by atoms with Gasteiger partial charge in [0.05, 0.1) is 22.2 Å². The molecule has 45 heavy (non-hydrogen) atoms. The highest BCUT2D eigenvalue weighted by molar-refractivity contribution is 6.31. The van der Waals surface area contributed by atoms with Crippen molar-refractivity contribution in [2.75, 3.05) is 6.54 Å². The van der Waals surface area contributed by atoms with Crippen LogP contribution in [0.2, 0.25) is 5.02 Å². The molecule has 0 bridgehead atoms. The molecule has 0 amide bonds. The second-order valence-electron chi connectivity index (χ2n) is 13.3. The predicted molar refractivity (Wildman–Crippen MR) is 182 cm³/mol. The molecule has 3 heterocycles. The van der Waals surface area contributed by atoms with Crippen LogP contribution >= 0.6 is 11.6 Å². The fourth-order valence-electron chi connectivity index (χ4n) is 6.58. The molecule has 0 spiro atoms. The molecule has 2 atom stereocenters. The quantitative estimate of drug-likeness (QED) is 0.116. The Morgan fingerprint density at radius 1 is 1.13 bits per heavy atom. The predicted octanol–water partition coefficient (Wildman–Crippen LogP) is 7.88. The van der Waals surface area contributed by atoms with Crippen molar-refractivity contribution in [3.8, 4) is 16.9 Å². The molecule has 2 fully saturated rings. The molecule has 1 saturated heterocycles. The molecular formula is C36H44ClFN6O. The smallest absolute Gasteiger partial charge is 0.354 e. The topological polar surface area (TPSA) is 101 Å². The van der Waals surface area contributed by atoms with E-state index >= 15 is 4.39 Å². The maximum Gasteiger partial charge on any atom is 0.354 e. The van der Waals surface area contributed by atoms with Gasteiger partial charge in [-0.3, -0.25) is 9.56 Å². The van der Waals surface area contributed by atoms with Gasteiger partial charge in [0.25, 0.3) is 0 Å². The summed E-state index contributed by atoms with van der Waals surface area (Å²) in [7, 11) is 0. The lowest BCUT2D eigenvalue weighted by Gasteiger charge is -2.31. The van der Waals surface area contributed by atoms with E-state index in [9.17, 15) is 4.79 Å². The third-order valence-corrected chi connectivity index (χ3v) is 9.76.